The van der Waals surface area contributed by atoms with Crippen LogP contribution in [0.15, 0.2) is 55.4 Å². The van der Waals surface area contributed by atoms with E-state index in [0.717, 1.165) is 25.3 Å². The molecule has 3 heterocycles. The Morgan fingerprint density at radius 1 is 1.15 bits per heavy atom. The maximum absolute atomic E-state index is 4.60. The van der Waals surface area contributed by atoms with Crippen LogP contribution in [-0.4, -0.2) is 47.8 Å². The zero-order chi connectivity index (χ0) is 18.0. The van der Waals surface area contributed by atoms with Crippen LogP contribution in [-0.2, 0) is 6.54 Å². The second kappa shape index (κ2) is 6.84. The van der Waals surface area contributed by atoms with Crippen molar-refractivity contribution in [1.82, 2.24) is 29.6 Å². The van der Waals surface area contributed by atoms with Gasteiger partial charge in [0.1, 0.15) is 18.5 Å². The van der Waals surface area contributed by atoms with E-state index in [4.69, 9.17) is 0 Å². The molecule has 1 atom stereocenters. The van der Waals surface area contributed by atoms with Crippen molar-refractivity contribution < 1.29 is 0 Å². The van der Waals surface area contributed by atoms with Gasteiger partial charge < -0.3 is 5.32 Å². The van der Waals surface area contributed by atoms with Gasteiger partial charge in [-0.3, -0.25) is 9.88 Å². The normalized spacial score (nSPS) is 19.5. The van der Waals surface area contributed by atoms with Gasteiger partial charge in [-0.05, 0) is 25.8 Å². The molecule has 0 bridgehead atoms. The third kappa shape index (κ3) is 3.57. The zero-order valence-corrected chi connectivity index (χ0v) is 15.1. The van der Waals surface area contributed by atoms with Crippen molar-refractivity contribution in [1.29, 1.82) is 0 Å². The molecule has 1 aliphatic rings. The van der Waals surface area contributed by atoms with E-state index in [0.29, 0.717) is 11.9 Å². The number of hydrogen-bond acceptors (Lipinski definition) is 6. The van der Waals surface area contributed by atoms with Crippen LogP contribution >= 0.6 is 0 Å². The van der Waals surface area contributed by atoms with Gasteiger partial charge >= 0.3 is 0 Å². The van der Waals surface area contributed by atoms with Gasteiger partial charge in [0.05, 0.1) is 12.4 Å². The molecule has 0 saturated carbocycles. The molecule has 26 heavy (non-hydrogen) atoms. The fraction of sp³-hybridized carbons (Fsp3) is 0.368. The van der Waals surface area contributed by atoms with Gasteiger partial charge in [-0.1, -0.05) is 30.3 Å². The summed E-state index contributed by atoms with van der Waals surface area (Å²) in [7, 11) is 0. The molecule has 1 saturated heterocycles. The van der Waals surface area contributed by atoms with E-state index in [1.165, 1.54) is 11.9 Å². The van der Waals surface area contributed by atoms with Crippen molar-refractivity contribution in [3.05, 3.63) is 60.9 Å². The Morgan fingerprint density at radius 2 is 2.00 bits per heavy atom. The number of likely N-dealkylation sites (tertiary alicyclic amines) is 1. The largest absolute Gasteiger partial charge is 0.365 e. The predicted molar refractivity (Wildman–Crippen MR) is 99.9 cm³/mol. The molecule has 7 heteroatoms. The number of hydrogen-bond donors (Lipinski definition) is 1. The maximum atomic E-state index is 4.60. The van der Waals surface area contributed by atoms with E-state index in [2.05, 4.69) is 74.4 Å². The summed E-state index contributed by atoms with van der Waals surface area (Å²) in [6.07, 6.45) is 7.60. The molecule has 1 N–H and O–H groups in total. The molecule has 1 fully saturated rings. The molecule has 4 rings (SSSR count). The molecule has 1 aromatic carbocycles. The minimum atomic E-state index is 0.129. The first-order chi connectivity index (χ1) is 12.6. The van der Waals surface area contributed by atoms with E-state index in [1.54, 1.807) is 23.4 Å². The van der Waals surface area contributed by atoms with Crippen molar-refractivity contribution in [2.75, 3.05) is 11.9 Å². The number of nitrogens with zero attached hydrogens (tertiary/aromatic N) is 6. The van der Waals surface area contributed by atoms with E-state index in [9.17, 15) is 0 Å². The molecule has 1 aliphatic heterocycles. The summed E-state index contributed by atoms with van der Waals surface area (Å²) in [6.45, 7) is 6.53. The minimum absolute atomic E-state index is 0.129. The average molecular weight is 349 g/mol. The molecule has 1 unspecified atom stereocenters. The zero-order valence-electron chi connectivity index (χ0n) is 15.1. The van der Waals surface area contributed by atoms with Gasteiger partial charge in [-0.15, -0.1) is 0 Å². The van der Waals surface area contributed by atoms with Crippen LogP contribution in [0.25, 0.3) is 5.82 Å². The standard InChI is InChI=1S/C19H23N7/c1-19(2)8-16(12-25(19)11-15-6-4-3-5-7-15)23-17-9-20-10-18(24-17)26-14-21-13-22-26/h3-7,9-10,13-14,16H,8,11-12H2,1-2H3,(H,23,24). The molecule has 134 valence electrons. The molecular weight excluding hydrogens is 326 g/mol. The van der Waals surface area contributed by atoms with Gasteiger partial charge in [0.2, 0.25) is 0 Å². The lowest BCUT2D eigenvalue weighted by atomic mass is 10.00. The molecule has 2 aromatic heterocycles. The Bertz CT molecular complexity index is 845. The fourth-order valence-electron chi connectivity index (χ4n) is 3.56. The summed E-state index contributed by atoms with van der Waals surface area (Å²) in [5, 5.41) is 7.65. The van der Waals surface area contributed by atoms with Crippen LogP contribution in [0.4, 0.5) is 5.82 Å². The number of anilines is 1. The van der Waals surface area contributed by atoms with Gasteiger partial charge in [0.25, 0.3) is 0 Å². The first-order valence-electron chi connectivity index (χ1n) is 8.83. The van der Waals surface area contributed by atoms with Gasteiger partial charge in [-0.2, -0.15) is 5.10 Å². The SMILES string of the molecule is CC1(C)CC(Nc2cncc(-n3cncn3)n2)CN1Cc1ccccc1. The Morgan fingerprint density at radius 3 is 2.77 bits per heavy atom. The van der Waals surface area contributed by atoms with Crippen molar-refractivity contribution in [3.63, 3.8) is 0 Å². The topological polar surface area (TPSA) is 71.8 Å². The fourth-order valence-corrected chi connectivity index (χ4v) is 3.56. The van der Waals surface area contributed by atoms with Crippen LogP contribution in [0.3, 0.4) is 0 Å². The average Bonchev–Trinajstić information content (AvgIpc) is 3.25. The summed E-state index contributed by atoms with van der Waals surface area (Å²) < 4.78 is 1.61. The maximum Gasteiger partial charge on any atom is 0.175 e. The van der Waals surface area contributed by atoms with Crippen LogP contribution in [0.5, 0.6) is 0 Å². The Balaban J connectivity index is 1.45. The lowest BCUT2D eigenvalue weighted by Gasteiger charge is -2.31. The highest BCUT2D eigenvalue weighted by Gasteiger charge is 2.38. The Kier molecular flexibility index (Phi) is 4.38. The molecular formula is C19H23N7. The van der Waals surface area contributed by atoms with Gasteiger partial charge in [0.15, 0.2) is 5.82 Å². The van der Waals surface area contributed by atoms with E-state index >= 15 is 0 Å². The summed E-state index contributed by atoms with van der Waals surface area (Å²) in [5.41, 5.74) is 1.47. The highest BCUT2D eigenvalue weighted by atomic mass is 15.4. The second-order valence-electron chi connectivity index (χ2n) is 7.33. The second-order valence-corrected chi connectivity index (χ2v) is 7.33. The third-order valence-corrected chi connectivity index (χ3v) is 4.89. The number of benzene rings is 1. The smallest absolute Gasteiger partial charge is 0.175 e. The highest BCUT2D eigenvalue weighted by Crippen LogP contribution is 2.31. The molecule has 0 spiro atoms. The predicted octanol–water partition coefficient (Wildman–Crippen LogP) is 2.52. The third-order valence-electron chi connectivity index (χ3n) is 4.89. The van der Waals surface area contributed by atoms with E-state index < -0.39 is 0 Å². The summed E-state index contributed by atoms with van der Waals surface area (Å²) in [6, 6.07) is 10.9. The quantitative estimate of drug-likeness (QED) is 0.763. The summed E-state index contributed by atoms with van der Waals surface area (Å²) >= 11 is 0. The highest BCUT2D eigenvalue weighted by molar-refractivity contribution is 5.37. The van der Waals surface area contributed by atoms with Crippen LogP contribution in [0.1, 0.15) is 25.8 Å². The molecule has 0 radical (unpaired) electrons. The molecule has 0 aliphatic carbocycles. The molecule has 3 aromatic rings. The van der Waals surface area contributed by atoms with Gasteiger partial charge in [-0.25, -0.2) is 14.6 Å². The molecule has 0 amide bonds. The van der Waals surface area contributed by atoms with Gasteiger partial charge in [0, 0.05) is 24.7 Å². The van der Waals surface area contributed by atoms with E-state index in [1.807, 2.05) is 0 Å². The van der Waals surface area contributed by atoms with Crippen molar-refractivity contribution in [2.45, 2.75) is 38.4 Å². The molecule has 7 nitrogen and oxygen atoms in total. The summed E-state index contributed by atoms with van der Waals surface area (Å²) in [4.78, 5) is 15.4. The number of rotatable bonds is 5. The first-order valence-corrected chi connectivity index (χ1v) is 8.83. The minimum Gasteiger partial charge on any atom is -0.365 e. The Hall–Kier alpha value is -2.80. The Labute approximate surface area is 153 Å². The van der Waals surface area contributed by atoms with Crippen molar-refractivity contribution in [2.24, 2.45) is 0 Å². The van der Waals surface area contributed by atoms with E-state index in [-0.39, 0.29) is 5.54 Å². The van der Waals surface area contributed by atoms with Crippen LogP contribution in [0.2, 0.25) is 0 Å². The van der Waals surface area contributed by atoms with Crippen LogP contribution in [0, 0.1) is 0 Å². The van der Waals surface area contributed by atoms with Crippen LogP contribution < -0.4 is 5.32 Å². The number of aromatic nitrogens is 5. The van der Waals surface area contributed by atoms with Crippen molar-refractivity contribution in [3.8, 4) is 5.82 Å². The lowest BCUT2D eigenvalue weighted by molar-refractivity contribution is 0.166. The van der Waals surface area contributed by atoms with Crippen molar-refractivity contribution >= 4 is 5.82 Å². The summed E-state index contributed by atoms with van der Waals surface area (Å²) in [5.74, 6) is 1.42. The first kappa shape index (κ1) is 16.7. The monoisotopic (exact) mass is 349 g/mol. The number of nitrogens with one attached hydrogen (secondary N) is 1. The lowest BCUT2D eigenvalue weighted by Crippen LogP contribution is -2.37.